The number of rotatable bonds is 3. The molecule has 0 radical (unpaired) electrons. The summed E-state index contributed by atoms with van der Waals surface area (Å²) in [5.74, 6) is 8.69. The highest BCUT2D eigenvalue weighted by atomic mass is 16.5. The topological polar surface area (TPSA) is 46.5 Å². The van der Waals surface area contributed by atoms with Gasteiger partial charge >= 0.3 is 5.97 Å². The zero-order valence-electron chi connectivity index (χ0n) is 18.9. The molecule has 7 rings (SSSR count). The number of fused-ring (bicyclic) bond motifs is 1. The fourth-order valence-electron chi connectivity index (χ4n) is 7.37. The summed E-state index contributed by atoms with van der Waals surface area (Å²) in [6.45, 7) is 0. The van der Waals surface area contributed by atoms with Gasteiger partial charge in [0.1, 0.15) is 5.75 Å². The Bertz CT molecular complexity index is 1270. The van der Waals surface area contributed by atoms with Gasteiger partial charge in [-0.1, -0.05) is 36.1 Å². The molecule has 166 valence electrons. The van der Waals surface area contributed by atoms with E-state index in [-0.39, 0.29) is 5.41 Å². The summed E-state index contributed by atoms with van der Waals surface area (Å²) in [7, 11) is 1.64. The van der Waals surface area contributed by atoms with E-state index in [4.69, 9.17) is 4.74 Å². The maximum atomic E-state index is 12.8. The molecule has 4 aliphatic rings. The zero-order chi connectivity index (χ0) is 22.6. The van der Waals surface area contributed by atoms with Crippen molar-refractivity contribution in [3.63, 3.8) is 0 Å². The smallest absolute Gasteiger partial charge is 0.337 e. The van der Waals surface area contributed by atoms with Crippen molar-refractivity contribution in [1.29, 1.82) is 0 Å². The van der Waals surface area contributed by atoms with Crippen LogP contribution < -0.4 is 4.74 Å². The first-order chi connectivity index (χ1) is 16.0. The van der Waals surface area contributed by atoms with Crippen LogP contribution in [0.2, 0.25) is 0 Å². The fourth-order valence-corrected chi connectivity index (χ4v) is 7.37. The van der Waals surface area contributed by atoms with E-state index in [1.54, 1.807) is 7.11 Å². The van der Waals surface area contributed by atoms with E-state index < -0.39 is 5.97 Å². The van der Waals surface area contributed by atoms with Crippen LogP contribution in [-0.2, 0) is 5.41 Å². The minimum Gasteiger partial charge on any atom is -0.497 e. The molecule has 1 N–H and O–H groups in total. The molecule has 3 heteroatoms. The van der Waals surface area contributed by atoms with Crippen molar-refractivity contribution >= 4 is 16.7 Å². The fraction of sp³-hybridized carbons (Fsp3) is 0.367. The summed E-state index contributed by atoms with van der Waals surface area (Å²) in [6.07, 6.45) is 7.38. The second-order valence-electron chi connectivity index (χ2n) is 10.4. The van der Waals surface area contributed by atoms with Crippen LogP contribution in [0, 0.1) is 29.6 Å². The molecule has 3 aromatic rings. The van der Waals surface area contributed by atoms with Gasteiger partial charge < -0.3 is 9.84 Å². The predicted molar refractivity (Wildman–Crippen MR) is 130 cm³/mol. The summed E-state index contributed by atoms with van der Waals surface area (Å²) in [4.78, 5) is 12.8. The van der Waals surface area contributed by atoms with E-state index in [1.807, 2.05) is 42.5 Å². The summed E-state index contributed by atoms with van der Waals surface area (Å²) in [5.41, 5.74) is 2.95. The molecule has 3 aromatic carbocycles. The second kappa shape index (κ2) is 7.66. The molecule has 0 aliphatic heterocycles. The minimum atomic E-state index is -0.856. The first kappa shape index (κ1) is 20.4. The van der Waals surface area contributed by atoms with Gasteiger partial charge in [0.15, 0.2) is 0 Å². The number of ether oxygens (including phenoxy) is 1. The molecule has 4 saturated carbocycles. The van der Waals surface area contributed by atoms with Crippen LogP contribution in [0.25, 0.3) is 10.8 Å². The van der Waals surface area contributed by atoms with Crippen molar-refractivity contribution < 1.29 is 14.6 Å². The molecule has 4 bridgehead atoms. The third-order valence-electron chi connectivity index (χ3n) is 8.29. The maximum Gasteiger partial charge on any atom is 0.337 e. The van der Waals surface area contributed by atoms with Crippen LogP contribution in [0.15, 0.2) is 54.6 Å². The van der Waals surface area contributed by atoms with Gasteiger partial charge in [0.05, 0.1) is 12.7 Å². The van der Waals surface area contributed by atoms with Gasteiger partial charge in [-0.15, -0.1) is 0 Å². The Kier molecular flexibility index (Phi) is 4.73. The van der Waals surface area contributed by atoms with E-state index >= 15 is 0 Å². The standard InChI is InChI=1S/C30H28O3/c1-33-24-9-6-19(7-10-24)8-11-26-25-5-3-2-4-23(25)15-27(28(26)29(31)32)30-16-20-12-21(17-30)14-22(13-20)18-30/h2-7,9-10,15,20-22H,12-14,16-18H2,1H3,(H,31,32). The summed E-state index contributed by atoms with van der Waals surface area (Å²) < 4.78 is 5.25. The molecule has 0 aromatic heterocycles. The molecular formula is C30H28O3. The molecule has 0 unspecified atom stereocenters. The van der Waals surface area contributed by atoms with Gasteiger partial charge in [-0.2, -0.15) is 0 Å². The monoisotopic (exact) mass is 436 g/mol. The summed E-state index contributed by atoms with van der Waals surface area (Å²) in [6, 6.07) is 17.9. The number of aromatic carboxylic acids is 1. The lowest BCUT2D eigenvalue weighted by atomic mass is 9.47. The van der Waals surface area contributed by atoms with Gasteiger partial charge in [-0.3, -0.25) is 0 Å². The number of hydrogen-bond acceptors (Lipinski definition) is 2. The first-order valence-electron chi connectivity index (χ1n) is 12.0. The zero-order valence-corrected chi connectivity index (χ0v) is 18.9. The minimum absolute atomic E-state index is 0.0109. The van der Waals surface area contributed by atoms with Gasteiger partial charge in [0.25, 0.3) is 0 Å². The van der Waals surface area contributed by atoms with E-state index in [9.17, 15) is 9.90 Å². The van der Waals surface area contributed by atoms with Crippen molar-refractivity contribution in [1.82, 2.24) is 0 Å². The number of hydrogen-bond donors (Lipinski definition) is 1. The van der Waals surface area contributed by atoms with Gasteiger partial charge in [0, 0.05) is 11.1 Å². The quantitative estimate of drug-likeness (QED) is 0.482. The lowest BCUT2D eigenvalue weighted by Crippen LogP contribution is -2.49. The maximum absolute atomic E-state index is 12.8. The lowest BCUT2D eigenvalue weighted by molar-refractivity contribution is -0.00577. The lowest BCUT2D eigenvalue weighted by Gasteiger charge is -2.57. The van der Waals surface area contributed by atoms with E-state index in [2.05, 4.69) is 24.0 Å². The summed E-state index contributed by atoms with van der Waals surface area (Å²) >= 11 is 0. The Morgan fingerprint density at radius 3 is 2.18 bits per heavy atom. The Morgan fingerprint density at radius 2 is 1.58 bits per heavy atom. The normalized spacial score (nSPS) is 27.2. The van der Waals surface area contributed by atoms with Crippen molar-refractivity contribution in [2.75, 3.05) is 7.11 Å². The van der Waals surface area contributed by atoms with Crippen molar-refractivity contribution in [3.05, 3.63) is 76.9 Å². The van der Waals surface area contributed by atoms with Gasteiger partial charge in [-0.05, 0) is 108 Å². The Labute approximate surface area is 194 Å². The van der Waals surface area contributed by atoms with Crippen molar-refractivity contribution in [2.24, 2.45) is 17.8 Å². The predicted octanol–water partition coefficient (Wildman–Crippen LogP) is 6.41. The van der Waals surface area contributed by atoms with Crippen LogP contribution in [0.3, 0.4) is 0 Å². The van der Waals surface area contributed by atoms with Crippen LogP contribution in [-0.4, -0.2) is 18.2 Å². The van der Waals surface area contributed by atoms with Crippen LogP contribution in [0.5, 0.6) is 5.75 Å². The van der Waals surface area contributed by atoms with Crippen LogP contribution in [0.4, 0.5) is 0 Å². The second-order valence-corrected chi connectivity index (χ2v) is 10.4. The molecule has 33 heavy (non-hydrogen) atoms. The molecule has 4 aliphatic carbocycles. The molecule has 0 spiro atoms. The highest BCUT2D eigenvalue weighted by Gasteiger charge is 2.52. The highest BCUT2D eigenvalue weighted by molar-refractivity contribution is 6.02. The van der Waals surface area contributed by atoms with Gasteiger partial charge in [-0.25, -0.2) is 4.79 Å². The van der Waals surface area contributed by atoms with Crippen molar-refractivity contribution in [2.45, 2.75) is 43.9 Å². The summed E-state index contributed by atoms with van der Waals surface area (Å²) in [5, 5.41) is 12.5. The number of carbonyl (C=O) groups is 1. The number of carboxylic acid groups (broad SMARTS) is 1. The Hall–Kier alpha value is -3.25. The number of carboxylic acids is 1. The number of benzene rings is 3. The average Bonchev–Trinajstić information content (AvgIpc) is 2.81. The van der Waals surface area contributed by atoms with Crippen LogP contribution >= 0.6 is 0 Å². The highest BCUT2D eigenvalue weighted by Crippen LogP contribution is 2.61. The molecule has 4 fully saturated rings. The largest absolute Gasteiger partial charge is 0.497 e. The Balaban J connectivity index is 1.56. The van der Waals surface area contributed by atoms with Crippen molar-refractivity contribution in [3.8, 4) is 17.6 Å². The molecule has 0 saturated heterocycles. The van der Waals surface area contributed by atoms with E-state index in [0.717, 1.165) is 64.7 Å². The molecule has 3 nitrogen and oxygen atoms in total. The van der Waals surface area contributed by atoms with Gasteiger partial charge in [0.2, 0.25) is 0 Å². The molecular weight excluding hydrogens is 408 g/mol. The SMILES string of the molecule is COc1ccc(C#Cc2c(C(=O)O)c(C34CC5CC(CC(C5)C3)C4)cc3ccccc23)cc1. The van der Waals surface area contributed by atoms with Crippen LogP contribution in [0.1, 0.15) is 65.6 Å². The van der Waals surface area contributed by atoms with E-state index in [1.165, 1.54) is 19.3 Å². The average molecular weight is 437 g/mol. The Morgan fingerprint density at radius 1 is 0.939 bits per heavy atom. The third-order valence-corrected chi connectivity index (χ3v) is 8.29. The molecule has 0 heterocycles. The number of methoxy groups -OCH3 is 1. The first-order valence-corrected chi connectivity index (χ1v) is 12.0. The van der Waals surface area contributed by atoms with E-state index in [0.29, 0.717) is 11.1 Å². The molecule has 0 atom stereocenters. The third kappa shape index (κ3) is 3.40. The molecule has 0 amide bonds.